The molecule has 0 fully saturated rings. The summed E-state index contributed by atoms with van der Waals surface area (Å²) in [5.41, 5.74) is 18.9. The van der Waals surface area contributed by atoms with E-state index < -0.39 is 0 Å². The maximum atomic E-state index is 6.32. The fourth-order valence-electron chi connectivity index (χ4n) is 8.94. The molecule has 2 nitrogen and oxygen atoms in total. The molecule has 11 aromatic rings. The topological polar surface area (TPSA) is 16.4 Å². The Kier molecular flexibility index (Phi) is 9.57. The third-order valence-corrected chi connectivity index (χ3v) is 11.9. The summed E-state index contributed by atoms with van der Waals surface area (Å²) in [6.45, 7) is 0. The van der Waals surface area contributed by atoms with Crippen LogP contribution in [0.3, 0.4) is 0 Å². The zero-order valence-electron chi connectivity index (χ0n) is 34.0. The van der Waals surface area contributed by atoms with Gasteiger partial charge in [-0.05, 0) is 98.1 Å². The largest absolute Gasteiger partial charge is 0.456 e. The van der Waals surface area contributed by atoms with E-state index in [0.717, 1.165) is 77.9 Å². The van der Waals surface area contributed by atoms with Crippen molar-refractivity contribution in [1.82, 2.24) is 0 Å². The van der Waals surface area contributed by atoms with Gasteiger partial charge in [0, 0.05) is 27.6 Å². The van der Waals surface area contributed by atoms with E-state index in [1.165, 1.54) is 27.8 Å². The summed E-state index contributed by atoms with van der Waals surface area (Å²) in [4.78, 5) is 2.45. The van der Waals surface area contributed by atoms with Gasteiger partial charge in [0.15, 0.2) is 0 Å². The minimum atomic E-state index is 0.890. The molecule has 0 unspecified atom stereocenters. The number of rotatable bonds is 9. The highest BCUT2D eigenvalue weighted by molar-refractivity contribution is 6.06. The third kappa shape index (κ3) is 6.84. The van der Waals surface area contributed by atoms with Crippen molar-refractivity contribution in [3.63, 3.8) is 0 Å². The summed E-state index contributed by atoms with van der Waals surface area (Å²) in [6.07, 6.45) is 0. The normalized spacial score (nSPS) is 11.2. The minimum Gasteiger partial charge on any atom is -0.456 e. The molecule has 1 heterocycles. The maximum Gasteiger partial charge on any atom is 0.136 e. The smallest absolute Gasteiger partial charge is 0.136 e. The number of furan rings is 1. The number of fused-ring (bicyclic) bond motifs is 3. The summed E-state index contributed by atoms with van der Waals surface area (Å²) in [5, 5.41) is 2.26. The zero-order valence-corrected chi connectivity index (χ0v) is 34.0. The predicted molar refractivity (Wildman–Crippen MR) is 261 cm³/mol. The van der Waals surface area contributed by atoms with Gasteiger partial charge in [-0.3, -0.25) is 0 Å². The first-order valence-electron chi connectivity index (χ1n) is 21.2. The van der Waals surface area contributed by atoms with Gasteiger partial charge in [-0.15, -0.1) is 0 Å². The van der Waals surface area contributed by atoms with Crippen LogP contribution in [0.2, 0.25) is 0 Å². The van der Waals surface area contributed by atoms with Crippen molar-refractivity contribution in [2.24, 2.45) is 0 Å². The molecule has 0 atom stereocenters. The molecule has 10 aromatic carbocycles. The monoisotopic (exact) mass is 791 g/mol. The molecule has 11 rings (SSSR count). The van der Waals surface area contributed by atoms with Crippen molar-refractivity contribution in [3.8, 4) is 66.8 Å². The zero-order chi connectivity index (χ0) is 41.2. The highest BCUT2D eigenvalue weighted by Crippen LogP contribution is 2.50. The van der Waals surface area contributed by atoms with Crippen molar-refractivity contribution in [3.05, 3.63) is 249 Å². The molecule has 292 valence electrons. The van der Waals surface area contributed by atoms with E-state index in [9.17, 15) is 0 Å². The van der Waals surface area contributed by atoms with Gasteiger partial charge in [0.1, 0.15) is 11.2 Å². The molecule has 0 aliphatic heterocycles. The molecule has 0 bridgehead atoms. The van der Waals surface area contributed by atoms with Crippen molar-refractivity contribution < 1.29 is 4.42 Å². The van der Waals surface area contributed by atoms with Crippen LogP contribution in [-0.2, 0) is 0 Å². The van der Waals surface area contributed by atoms with E-state index in [1.807, 2.05) is 12.1 Å². The number of anilines is 3. The molecule has 62 heavy (non-hydrogen) atoms. The van der Waals surface area contributed by atoms with E-state index >= 15 is 0 Å². The molecule has 0 radical (unpaired) electrons. The number of hydrogen-bond acceptors (Lipinski definition) is 2. The van der Waals surface area contributed by atoms with Gasteiger partial charge < -0.3 is 9.32 Å². The fraction of sp³-hybridized carbons (Fsp3) is 0. The number of benzene rings is 10. The van der Waals surface area contributed by atoms with Crippen LogP contribution in [0.4, 0.5) is 17.1 Å². The highest BCUT2D eigenvalue weighted by atomic mass is 16.3. The van der Waals surface area contributed by atoms with Gasteiger partial charge in [-0.25, -0.2) is 0 Å². The Morgan fingerprint density at radius 3 is 1.44 bits per heavy atom. The van der Waals surface area contributed by atoms with Crippen LogP contribution in [0.25, 0.3) is 88.7 Å². The summed E-state index contributed by atoms with van der Waals surface area (Å²) in [7, 11) is 0. The average molecular weight is 792 g/mol. The van der Waals surface area contributed by atoms with Crippen molar-refractivity contribution in [2.45, 2.75) is 0 Å². The maximum absolute atomic E-state index is 6.32. The molecule has 0 amide bonds. The lowest BCUT2D eigenvalue weighted by atomic mass is 9.87. The van der Waals surface area contributed by atoms with E-state index in [-0.39, 0.29) is 0 Å². The Morgan fingerprint density at radius 2 is 0.710 bits per heavy atom. The quantitative estimate of drug-likeness (QED) is 0.145. The Balaban J connectivity index is 1.12. The molecule has 0 saturated carbocycles. The van der Waals surface area contributed by atoms with Crippen LogP contribution in [0, 0.1) is 0 Å². The fourth-order valence-corrected chi connectivity index (χ4v) is 8.94. The van der Waals surface area contributed by atoms with Crippen LogP contribution in [0.5, 0.6) is 0 Å². The second kappa shape index (κ2) is 16.1. The van der Waals surface area contributed by atoms with E-state index in [0.29, 0.717) is 0 Å². The van der Waals surface area contributed by atoms with Crippen LogP contribution in [-0.4, -0.2) is 0 Å². The average Bonchev–Trinajstić information content (AvgIpc) is 3.73. The summed E-state index contributed by atoms with van der Waals surface area (Å²) in [6, 6.07) is 89.2. The summed E-state index contributed by atoms with van der Waals surface area (Å²) < 4.78 is 6.32. The Morgan fingerprint density at radius 1 is 0.258 bits per heavy atom. The first-order chi connectivity index (χ1) is 30.8. The first kappa shape index (κ1) is 36.8. The van der Waals surface area contributed by atoms with Gasteiger partial charge in [0.05, 0.1) is 11.4 Å². The van der Waals surface area contributed by atoms with Crippen LogP contribution < -0.4 is 4.90 Å². The van der Waals surface area contributed by atoms with Crippen molar-refractivity contribution >= 4 is 39.0 Å². The van der Waals surface area contributed by atoms with E-state index in [1.54, 1.807) is 0 Å². The Bertz CT molecular complexity index is 3310. The minimum absolute atomic E-state index is 0.890. The molecule has 2 heteroatoms. The number of nitrogens with zero attached hydrogens (tertiary/aromatic N) is 1. The molecular formula is C60H41NO. The van der Waals surface area contributed by atoms with Crippen LogP contribution in [0.1, 0.15) is 0 Å². The number of hydrogen-bond donors (Lipinski definition) is 0. The summed E-state index contributed by atoms with van der Waals surface area (Å²) >= 11 is 0. The van der Waals surface area contributed by atoms with E-state index in [2.05, 4.69) is 241 Å². The van der Waals surface area contributed by atoms with Crippen molar-refractivity contribution in [1.29, 1.82) is 0 Å². The lowest BCUT2D eigenvalue weighted by Gasteiger charge is -2.31. The molecule has 0 aliphatic carbocycles. The van der Waals surface area contributed by atoms with Crippen LogP contribution >= 0.6 is 0 Å². The molecule has 0 saturated heterocycles. The molecule has 0 aliphatic rings. The molecular weight excluding hydrogens is 751 g/mol. The SMILES string of the molecule is c1ccc(-c2ccc(-c3ccccc3N(c3ccc(-c4ccc5c(c4)oc4ccccc45)cc3)c3cccc(-c4ccccc4)c3-c3ccccc3-c3ccccc3)cc2)cc1. The second-order valence-electron chi connectivity index (χ2n) is 15.6. The van der Waals surface area contributed by atoms with Gasteiger partial charge in [-0.1, -0.05) is 206 Å². The first-order valence-corrected chi connectivity index (χ1v) is 21.2. The van der Waals surface area contributed by atoms with Crippen LogP contribution in [0.15, 0.2) is 253 Å². The van der Waals surface area contributed by atoms with Gasteiger partial charge in [0.2, 0.25) is 0 Å². The summed E-state index contributed by atoms with van der Waals surface area (Å²) in [5.74, 6) is 0. The molecule has 1 aromatic heterocycles. The van der Waals surface area contributed by atoms with Gasteiger partial charge in [0.25, 0.3) is 0 Å². The molecule has 0 spiro atoms. The van der Waals surface area contributed by atoms with Crippen molar-refractivity contribution in [2.75, 3.05) is 4.90 Å². The number of para-hydroxylation sites is 2. The van der Waals surface area contributed by atoms with Gasteiger partial charge in [-0.2, -0.15) is 0 Å². The van der Waals surface area contributed by atoms with E-state index in [4.69, 9.17) is 4.42 Å². The standard InChI is InChI=1S/C60H41NO/c1-4-17-42(18-5-1)43-31-33-47(34-32-43)51-24-12-14-28-56(51)61(49-38-35-44(36-39-49)48-37-40-54-53-25-13-15-30-58(53)62-59(54)41-48)57-29-16-27-52(46-21-8-3-9-22-46)60(57)55-26-11-10-23-50(55)45-19-6-2-7-20-45/h1-41H. The third-order valence-electron chi connectivity index (χ3n) is 11.9. The highest BCUT2D eigenvalue weighted by Gasteiger charge is 2.24. The molecule has 0 N–H and O–H groups in total. The van der Waals surface area contributed by atoms with Gasteiger partial charge >= 0.3 is 0 Å². The Hall–Kier alpha value is -8.20. The Labute approximate surface area is 362 Å². The predicted octanol–water partition coefficient (Wildman–Crippen LogP) is 17.1. The second-order valence-corrected chi connectivity index (χ2v) is 15.6. The lowest BCUT2D eigenvalue weighted by molar-refractivity contribution is 0.669. The lowest BCUT2D eigenvalue weighted by Crippen LogP contribution is -2.13.